The van der Waals surface area contributed by atoms with Gasteiger partial charge >= 0.3 is 5.97 Å². The highest BCUT2D eigenvalue weighted by Crippen LogP contribution is 2.22. The van der Waals surface area contributed by atoms with Gasteiger partial charge in [0.25, 0.3) is 5.91 Å². The molecule has 2 aromatic carbocycles. The smallest absolute Gasteiger partial charge is 0.307 e. The number of benzene rings is 2. The van der Waals surface area contributed by atoms with Crippen molar-refractivity contribution in [1.29, 1.82) is 0 Å². The molecule has 0 radical (unpaired) electrons. The number of amides is 1. The molecule has 1 aliphatic heterocycles. The van der Waals surface area contributed by atoms with Crippen LogP contribution in [0.4, 0.5) is 0 Å². The van der Waals surface area contributed by atoms with Crippen molar-refractivity contribution < 1.29 is 14.7 Å². The molecule has 32 heavy (non-hydrogen) atoms. The fourth-order valence-corrected chi connectivity index (χ4v) is 4.56. The highest BCUT2D eigenvalue weighted by molar-refractivity contribution is 9.08. The molecule has 0 aliphatic carbocycles. The first-order chi connectivity index (χ1) is 15.5. The van der Waals surface area contributed by atoms with E-state index in [4.69, 9.17) is 5.11 Å². The molecule has 3 aromatic rings. The lowest BCUT2D eigenvalue weighted by Crippen LogP contribution is -2.49. The summed E-state index contributed by atoms with van der Waals surface area (Å²) in [5.41, 5.74) is 5.27. The summed E-state index contributed by atoms with van der Waals surface area (Å²) >= 11 is 3.48. The molecule has 0 saturated carbocycles. The Balaban J connectivity index is 1.25. The third kappa shape index (κ3) is 5.35. The second kappa shape index (κ2) is 10.2. The molecule has 1 aliphatic rings. The van der Waals surface area contributed by atoms with Crippen LogP contribution in [0.15, 0.2) is 42.7 Å². The van der Waals surface area contributed by atoms with Gasteiger partial charge in [-0.05, 0) is 23.3 Å². The maximum absolute atomic E-state index is 12.8. The zero-order chi connectivity index (χ0) is 22.5. The molecule has 2 heterocycles. The van der Waals surface area contributed by atoms with Crippen LogP contribution in [0, 0.1) is 0 Å². The van der Waals surface area contributed by atoms with Gasteiger partial charge in [0, 0.05) is 49.2 Å². The summed E-state index contributed by atoms with van der Waals surface area (Å²) in [6.07, 6.45) is 1.69. The molecule has 8 nitrogen and oxygen atoms in total. The lowest BCUT2D eigenvalue weighted by atomic mass is 10.1. The number of nitrogens with zero attached hydrogens (tertiary/aromatic N) is 3. The van der Waals surface area contributed by atoms with Crippen LogP contribution in [0.25, 0.3) is 11.0 Å². The van der Waals surface area contributed by atoms with E-state index in [9.17, 15) is 9.59 Å². The van der Waals surface area contributed by atoms with Crippen LogP contribution in [0.1, 0.15) is 27.0 Å². The minimum atomic E-state index is -0.814. The maximum atomic E-state index is 12.8. The van der Waals surface area contributed by atoms with Crippen molar-refractivity contribution in [1.82, 2.24) is 25.1 Å². The number of alkyl halides is 1. The van der Waals surface area contributed by atoms with Gasteiger partial charge in [-0.15, -0.1) is 0 Å². The van der Waals surface area contributed by atoms with Crippen LogP contribution in [-0.2, 0) is 23.1 Å². The van der Waals surface area contributed by atoms with E-state index in [1.165, 1.54) is 5.56 Å². The molecule has 168 valence electrons. The first-order valence-electron chi connectivity index (χ1n) is 10.6. The molecular formula is C23H26BrN5O3. The first-order valence-corrected chi connectivity index (χ1v) is 11.7. The number of halogens is 1. The maximum Gasteiger partial charge on any atom is 0.307 e. The number of hydrogen-bond donors (Lipinski definition) is 3. The van der Waals surface area contributed by atoms with Crippen LogP contribution >= 0.6 is 15.9 Å². The summed E-state index contributed by atoms with van der Waals surface area (Å²) in [6, 6.07) is 11.5. The average molecular weight is 500 g/mol. The molecule has 9 heteroatoms. The summed E-state index contributed by atoms with van der Waals surface area (Å²) in [4.78, 5) is 35.6. The lowest BCUT2D eigenvalue weighted by Gasteiger charge is -2.34. The van der Waals surface area contributed by atoms with E-state index >= 15 is 0 Å². The summed E-state index contributed by atoms with van der Waals surface area (Å²) in [5.74, 6) is -0.903. The predicted octanol–water partition coefficient (Wildman–Crippen LogP) is 2.59. The van der Waals surface area contributed by atoms with Crippen molar-refractivity contribution in [2.45, 2.75) is 18.3 Å². The number of carboxylic acids is 1. The number of H-pyrrole nitrogens is 1. The summed E-state index contributed by atoms with van der Waals surface area (Å²) < 4.78 is 0. The normalized spacial score (nSPS) is 15.2. The summed E-state index contributed by atoms with van der Waals surface area (Å²) in [7, 11) is 0. The zero-order valence-electron chi connectivity index (χ0n) is 17.7. The fraction of sp³-hybridized carbons (Fsp3) is 0.348. The number of carboxylic acid groups (broad SMARTS) is 1. The van der Waals surface area contributed by atoms with Crippen LogP contribution in [0.2, 0.25) is 0 Å². The van der Waals surface area contributed by atoms with Crippen LogP contribution in [0.3, 0.4) is 0 Å². The molecule has 0 atom stereocenters. The van der Waals surface area contributed by atoms with Crippen molar-refractivity contribution in [2.24, 2.45) is 0 Å². The molecule has 1 aromatic heterocycles. The Morgan fingerprint density at radius 3 is 2.41 bits per heavy atom. The monoisotopic (exact) mass is 499 g/mol. The van der Waals surface area contributed by atoms with E-state index in [1.807, 2.05) is 36.4 Å². The first kappa shape index (κ1) is 22.4. The van der Waals surface area contributed by atoms with E-state index in [0.29, 0.717) is 17.6 Å². The largest absolute Gasteiger partial charge is 0.481 e. The van der Waals surface area contributed by atoms with Gasteiger partial charge in [-0.2, -0.15) is 0 Å². The number of piperazine rings is 1. The molecular weight excluding hydrogens is 474 g/mol. The summed E-state index contributed by atoms with van der Waals surface area (Å²) in [5, 5.41) is 12.5. The van der Waals surface area contributed by atoms with E-state index in [2.05, 4.69) is 41.0 Å². The number of fused-ring (bicyclic) bond motifs is 1. The summed E-state index contributed by atoms with van der Waals surface area (Å²) in [6.45, 7) is 4.93. The molecule has 1 amide bonds. The standard InChI is InChI=1S/C23H26BrN5O3/c24-12-19-18(5-6-20-22(19)26-14-25-20)23(32)27-15-29-9-7-28(8-10-29)13-17-3-1-16(2-4-17)11-21(30)31/h1-6,14H,7-13,15H2,(H,25,26)(H,27,32)(H,30,31). The molecule has 0 spiro atoms. The van der Waals surface area contributed by atoms with Crippen molar-refractivity contribution >= 4 is 38.8 Å². The third-order valence-electron chi connectivity index (χ3n) is 5.79. The number of aromatic nitrogens is 2. The van der Waals surface area contributed by atoms with Gasteiger partial charge in [-0.25, -0.2) is 4.98 Å². The van der Waals surface area contributed by atoms with E-state index in [0.717, 1.165) is 54.9 Å². The second-order valence-electron chi connectivity index (χ2n) is 7.97. The number of aliphatic carboxylic acids is 1. The van der Waals surface area contributed by atoms with Crippen LogP contribution in [0.5, 0.6) is 0 Å². The number of nitrogens with one attached hydrogen (secondary N) is 2. The topological polar surface area (TPSA) is 102 Å². The van der Waals surface area contributed by atoms with Gasteiger partial charge in [0.1, 0.15) is 0 Å². The Morgan fingerprint density at radius 2 is 1.72 bits per heavy atom. The van der Waals surface area contributed by atoms with E-state index in [1.54, 1.807) is 6.33 Å². The molecule has 3 N–H and O–H groups in total. The molecule has 1 saturated heterocycles. The predicted molar refractivity (Wildman–Crippen MR) is 126 cm³/mol. The number of carbonyl (C=O) groups is 2. The molecule has 1 fully saturated rings. The quantitative estimate of drug-likeness (QED) is 0.411. The average Bonchev–Trinajstić information content (AvgIpc) is 3.27. The van der Waals surface area contributed by atoms with Crippen molar-refractivity contribution in [2.75, 3.05) is 32.8 Å². The zero-order valence-corrected chi connectivity index (χ0v) is 19.3. The SMILES string of the molecule is O=C(O)Cc1ccc(CN2CCN(CNC(=O)c3ccc4[nH]cnc4c3CBr)CC2)cc1. The minimum Gasteiger partial charge on any atom is -0.481 e. The Kier molecular flexibility index (Phi) is 7.19. The van der Waals surface area contributed by atoms with Crippen LogP contribution < -0.4 is 5.32 Å². The molecule has 0 unspecified atom stereocenters. The molecule has 0 bridgehead atoms. The number of carbonyl (C=O) groups excluding carboxylic acids is 1. The minimum absolute atomic E-state index is 0.0529. The Bertz CT molecular complexity index is 1090. The van der Waals surface area contributed by atoms with Crippen molar-refractivity contribution in [3.63, 3.8) is 0 Å². The Hall–Kier alpha value is -2.75. The Morgan fingerprint density at radius 1 is 1.03 bits per heavy atom. The number of imidazole rings is 1. The van der Waals surface area contributed by atoms with Gasteiger partial charge < -0.3 is 15.4 Å². The third-order valence-corrected chi connectivity index (χ3v) is 6.35. The fourth-order valence-electron chi connectivity index (χ4n) is 3.99. The van der Waals surface area contributed by atoms with Gasteiger partial charge in [-0.3, -0.25) is 19.4 Å². The molecule has 4 rings (SSSR count). The van der Waals surface area contributed by atoms with Crippen LogP contribution in [-0.4, -0.2) is 69.6 Å². The van der Waals surface area contributed by atoms with Gasteiger partial charge in [0.2, 0.25) is 0 Å². The number of rotatable bonds is 8. The number of hydrogen-bond acceptors (Lipinski definition) is 5. The second-order valence-corrected chi connectivity index (χ2v) is 8.53. The van der Waals surface area contributed by atoms with E-state index in [-0.39, 0.29) is 12.3 Å². The van der Waals surface area contributed by atoms with Crippen molar-refractivity contribution in [3.05, 3.63) is 65.0 Å². The Labute approximate surface area is 194 Å². The highest BCUT2D eigenvalue weighted by Gasteiger charge is 2.19. The van der Waals surface area contributed by atoms with Gasteiger partial charge in [0.15, 0.2) is 0 Å². The van der Waals surface area contributed by atoms with Gasteiger partial charge in [-0.1, -0.05) is 40.2 Å². The van der Waals surface area contributed by atoms with Gasteiger partial charge in [0.05, 0.1) is 30.5 Å². The highest BCUT2D eigenvalue weighted by atomic mass is 79.9. The number of aromatic amines is 1. The van der Waals surface area contributed by atoms with Crippen molar-refractivity contribution in [3.8, 4) is 0 Å². The lowest BCUT2D eigenvalue weighted by molar-refractivity contribution is -0.136. The van der Waals surface area contributed by atoms with E-state index < -0.39 is 5.97 Å².